The van der Waals surface area contributed by atoms with Crippen LogP contribution in [0.1, 0.15) is 32.4 Å². The Labute approximate surface area is 207 Å². The fourth-order valence-corrected chi connectivity index (χ4v) is 4.56. The number of benzene rings is 2. The van der Waals surface area contributed by atoms with Crippen molar-refractivity contribution in [1.82, 2.24) is 20.2 Å². The fourth-order valence-electron chi connectivity index (χ4n) is 4.56. The second-order valence-corrected chi connectivity index (χ2v) is 8.11. The van der Waals surface area contributed by atoms with Crippen LogP contribution in [0.5, 0.6) is 11.5 Å². The molecule has 36 heavy (non-hydrogen) atoms. The zero-order valence-corrected chi connectivity index (χ0v) is 19.7. The molecule has 1 atom stereocenters. The molecule has 0 fully saturated rings. The first-order chi connectivity index (χ1) is 17.5. The van der Waals surface area contributed by atoms with Crippen molar-refractivity contribution in [3.63, 3.8) is 0 Å². The Morgan fingerprint density at radius 2 is 1.75 bits per heavy atom. The molecule has 11 heteroatoms. The lowest BCUT2D eigenvalue weighted by atomic mass is 10.0. The first kappa shape index (κ1) is 23.1. The van der Waals surface area contributed by atoms with Crippen molar-refractivity contribution < 1.29 is 23.9 Å². The normalized spacial score (nSPS) is 15.7. The van der Waals surface area contributed by atoms with Crippen LogP contribution in [-0.2, 0) is 4.79 Å². The van der Waals surface area contributed by atoms with E-state index in [1.807, 2.05) is 0 Å². The minimum atomic E-state index is -0.795. The summed E-state index contributed by atoms with van der Waals surface area (Å²) in [6, 6.07) is 12.0. The van der Waals surface area contributed by atoms with Gasteiger partial charge in [0.1, 0.15) is 12.7 Å². The third kappa shape index (κ3) is 3.84. The maximum absolute atomic E-state index is 13.7. The van der Waals surface area contributed by atoms with Gasteiger partial charge in [0, 0.05) is 31.0 Å². The number of amides is 3. The number of hydrogen-bond acceptors (Lipinski definition) is 8. The highest BCUT2D eigenvalue weighted by Gasteiger charge is 2.50. The van der Waals surface area contributed by atoms with E-state index in [1.54, 1.807) is 54.9 Å². The third-order valence-electron chi connectivity index (χ3n) is 6.09. The van der Waals surface area contributed by atoms with Crippen LogP contribution in [0.2, 0.25) is 0 Å². The van der Waals surface area contributed by atoms with Crippen LogP contribution in [-0.4, -0.2) is 66.4 Å². The standard InChI is InChI=1S/C25H24N6O5/c1-35-18-9-8-16-20(21(18)36-2)24(34)31-17-7-4-3-6-15(17)23(33)30(22(16)31)14-19(32)26-12-13-29-25-27-10-5-11-28-25/h3-11,22H,12-14H2,1-2H3,(H,26,32)(H,27,28,29). The zero-order chi connectivity index (χ0) is 25.2. The highest BCUT2D eigenvalue weighted by molar-refractivity contribution is 6.18. The molecule has 0 saturated heterocycles. The predicted octanol–water partition coefficient (Wildman–Crippen LogP) is 1.84. The average molecular weight is 489 g/mol. The molecule has 3 heterocycles. The second-order valence-electron chi connectivity index (χ2n) is 8.11. The Morgan fingerprint density at radius 1 is 0.972 bits per heavy atom. The van der Waals surface area contributed by atoms with Crippen molar-refractivity contribution in [3.05, 3.63) is 71.5 Å². The molecule has 0 spiro atoms. The maximum Gasteiger partial charge on any atom is 0.264 e. The Bertz CT molecular complexity index is 1330. The molecular formula is C25H24N6O5. The van der Waals surface area contributed by atoms with Gasteiger partial charge in [0.2, 0.25) is 11.9 Å². The number of para-hydroxylation sites is 1. The molecule has 0 saturated carbocycles. The van der Waals surface area contributed by atoms with Crippen molar-refractivity contribution in [1.29, 1.82) is 0 Å². The van der Waals surface area contributed by atoms with E-state index in [4.69, 9.17) is 9.47 Å². The SMILES string of the molecule is COc1ccc2c(c1OC)C(=O)N1c3ccccc3C(=O)N(CC(=O)NCCNc3ncccn3)C21. The smallest absolute Gasteiger partial charge is 0.264 e. The van der Waals surface area contributed by atoms with E-state index < -0.39 is 6.17 Å². The molecule has 2 aliphatic heterocycles. The summed E-state index contributed by atoms with van der Waals surface area (Å²) < 4.78 is 10.9. The number of aromatic nitrogens is 2. The molecule has 2 aliphatic rings. The summed E-state index contributed by atoms with van der Waals surface area (Å²) in [6.45, 7) is 0.461. The van der Waals surface area contributed by atoms with E-state index in [9.17, 15) is 14.4 Å². The largest absolute Gasteiger partial charge is 0.493 e. The van der Waals surface area contributed by atoms with Crippen LogP contribution in [0.15, 0.2) is 54.9 Å². The summed E-state index contributed by atoms with van der Waals surface area (Å²) in [5.41, 5.74) is 1.70. The maximum atomic E-state index is 13.7. The lowest BCUT2D eigenvalue weighted by molar-refractivity contribution is -0.122. The van der Waals surface area contributed by atoms with Gasteiger partial charge in [-0.2, -0.15) is 0 Å². The predicted molar refractivity (Wildman–Crippen MR) is 130 cm³/mol. The number of methoxy groups -OCH3 is 2. The first-order valence-corrected chi connectivity index (χ1v) is 11.3. The second kappa shape index (κ2) is 9.53. The number of anilines is 2. The zero-order valence-electron chi connectivity index (χ0n) is 19.7. The van der Waals surface area contributed by atoms with Crippen molar-refractivity contribution in [2.45, 2.75) is 6.17 Å². The summed E-state index contributed by atoms with van der Waals surface area (Å²) >= 11 is 0. The van der Waals surface area contributed by atoms with Crippen LogP contribution in [0, 0.1) is 0 Å². The first-order valence-electron chi connectivity index (χ1n) is 11.3. The van der Waals surface area contributed by atoms with Crippen molar-refractivity contribution in [2.24, 2.45) is 0 Å². The van der Waals surface area contributed by atoms with Gasteiger partial charge < -0.3 is 25.0 Å². The summed E-state index contributed by atoms with van der Waals surface area (Å²) in [4.78, 5) is 51.1. The van der Waals surface area contributed by atoms with Gasteiger partial charge in [-0.3, -0.25) is 19.3 Å². The van der Waals surface area contributed by atoms with Crippen LogP contribution in [0.25, 0.3) is 0 Å². The minimum absolute atomic E-state index is 0.239. The van der Waals surface area contributed by atoms with Crippen LogP contribution >= 0.6 is 0 Å². The molecule has 1 aromatic heterocycles. The number of hydrogen-bond donors (Lipinski definition) is 2. The van der Waals surface area contributed by atoms with Crippen molar-refractivity contribution in [3.8, 4) is 11.5 Å². The molecule has 0 radical (unpaired) electrons. The number of fused-ring (bicyclic) bond motifs is 5. The molecule has 5 rings (SSSR count). The fraction of sp³-hybridized carbons (Fsp3) is 0.240. The van der Waals surface area contributed by atoms with Gasteiger partial charge >= 0.3 is 0 Å². The molecule has 0 aliphatic carbocycles. The van der Waals surface area contributed by atoms with Crippen LogP contribution in [0.3, 0.4) is 0 Å². The van der Waals surface area contributed by atoms with E-state index in [-0.39, 0.29) is 30.0 Å². The highest BCUT2D eigenvalue weighted by atomic mass is 16.5. The molecule has 184 valence electrons. The number of nitrogens with one attached hydrogen (secondary N) is 2. The summed E-state index contributed by atoms with van der Waals surface area (Å²) in [6.07, 6.45) is 2.44. The molecule has 1 unspecified atom stereocenters. The van der Waals surface area contributed by atoms with E-state index >= 15 is 0 Å². The van der Waals surface area contributed by atoms with E-state index in [0.717, 1.165) is 0 Å². The highest BCUT2D eigenvalue weighted by Crippen LogP contribution is 2.49. The van der Waals surface area contributed by atoms with Gasteiger partial charge in [0.25, 0.3) is 11.8 Å². The summed E-state index contributed by atoms with van der Waals surface area (Å²) in [7, 11) is 2.95. The number of nitrogens with zero attached hydrogens (tertiary/aromatic N) is 4. The summed E-state index contributed by atoms with van der Waals surface area (Å²) in [5.74, 6) is 0.119. The lowest BCUT2D eigenvalue weighted by Crippen LogP contribution is -2.51. The van der Waals surface area contributed by atoms with Crippen LogP contribution < -0.4 is 25.0 Å². The van der Waals surface area contributed by atoms with Crippen molar-refractivity contribution in [2.75, 3.05) is 44.1 Å². The Balaban J connectivity index is 1.42. The molecule has 0 bridgehead atoms. The molecule has 2 aromatic carbocycles. The monoisotopic (exact) mass is 488 g/mol. The Morgan fingerprint density at radius 3 is 2.50 bits per heavy atom. The number of carbonyl (C=O) groups excluding carboxylic acids is 3. The van der Waals surface area contributed by atoms with Gasteiger partial charge in [0.05, 0.1) is 31.0 Å². The number of carbonyl (C=O) groups is 3. The Hall–Kier alpha value is -4.67. The lowest BCUT2D eigenvalue weighted by Gasteiger charge is -2.40. The quantitative estimate of drug-likeness (QED) is 0.460. The van der Waals surface area contributed by atoms with E-state index in [2.05, 4.69) is 20.6 Å². The van der Waals surface area contributed by atoms with Crippen LogP contribution in [0.4, 0.5) is 11.6 Å². The Kier molecular flexibility index (Phi) is 6.11. The van der Waals surface area contributed by atoms with E-state index in [1.165, 1.54) is 24.0 Å². The van der Waals surface area contributed by atoms with Gasteiger partial charge in [-0.1, -0.05) is 18.2 Å². The summed E-state index contributed by atoms with van der Waals surface area (Å²) in [5, 5.41) is 5.81. The van der Waals surface area contributed by atoms with Gasteiger partial charge in [-0.25, -0.2) is 9.97 Å². The topological polar surface area (TPSA) is 126 Å². The number of rotatable bonds is 8. The van der Waals surface area contributed by atoms with Gasteiger partial charge in [-0.05, 0) is 24.3 Å². The van der Waals surface area contributed by atoms with Gasteiger partial charge in [0.15, 0.2) is 11.5 Å². The molecule has 11 nitrogen and oxygen atoms in total. The average Bonchev–Trinajstić information content (AvgIpc) is 3.21. The van der Waals surface area contributed by atoms with Crippen molar-refractivity contribution >= 4 is 29.4 Å². The molecule has 3 aromatic rings. The molecular weight excluding hydrogens is 464 g/mol. The molecule has 3 amide bonds. The van der Waals surface area contributed by atoms with E-state index in [0.29, 0.717) is 47.2 Å². The number of ether oxygens (including phenoxy) is 2. The minimum Gasteiger partial charge on any atom is -0.493 e. The third-order valence-corrected chi connectivity index (χ3v) is 6.09. The van der Waals surface area contributed by atoms with Gasteiger partial charge in [-0.15, -0.1) is 0 Å². The molecule has 2 N–H and O–H groups in total.